The molecule has 3 heterocycles. The Balaban J connectivity index is 1.55. The zero-order valence-electron chi connectivity index (χ0n) is 14.1. The lowest BCUT2D eigenvalue weighted by atomic mass is 9.96. The highest BCUT2D eigenvalue weighted by Gasteiger charge is 2.49. The first-order chi connectivity index (χ1) is 11.9. The summed E-state index contributed by atoms with van der Waals surface area (Å²) in [6.45, 7) is 2.85. The van der Waals surface area contributed by atoms with Crippen LogP contribution in [0.1, 0.15) is 31.7 Å². The third-order valence-electron chi connectivity index (χ3n) is 4.41. The number of hydrogen-bond donors (Lipinski definition) is 1. The Morgan fingerprint density at radius 3 is 3.04 bits per heavy atom. The first-order valence-electron chi connectivity index (χ1n) is 8.34. The van der Waals surface area contributed by atoms with Crippen LogP contribution in [0, 0.1) is 0 Å². The molecule has 1 N–H and O–H groups in total. The van der Waals surface area contributed by atoms with Crippen LogP contribution in [0.15, 0.2) is 29.7 Å². The van der Waals surface area contributed by atoms with E-state index in [2.05, 4.69) is 15.5 Å². The summed E-state index contributed by atoms with van der Waals surface area (Å²) < 4.78 is 25.8. The number of oxime groups is 1. The molecule has 1 amide bonds. The Bertz CT molecular complexity index is 766. The van der Waals surface area contributed by atoms with Gasteiger partial charge in [0.2, 0.25) is 10.0 Å². The standard InChI is InChI=1S/C16H22N4O4S/c1-2-8-25(22,23)20-7-5-16(12-20)9-14(19-24-16)15(21)18-11-13-4-3-6-17-10-13/h3-4,6,10H,2,5,7-9,11-12H2,1H3,(H,18,21). The van der Waals surface area contributed by atoms with E-state index >= 15 is 0 Å². The van der Waals surface area contributed by atoms with Crippen molar-refractivity contribution in [3.05, 3.63) is 30.1 Å². The zero-order chi connectivity index (χ0) is 17.9. The summed E-state index contributed by atoms with van der Waals surface area (Å²) >= 11 is 0. The largest absolute Gasteiger partial charge is 0.387 e. The number of hydrogen-bond acceptors (Lipinski definition) is 6. The number of sulfonamides is 1. The number of carbonyl (C=O) groups excluding carboxylic acids is 1. The molecule has 8 nitrogen and oxygen atoms in total. The van der Waals surface area contributed by atoms with Gasteiger partial charge in [-0.3, -0.25) is 9.78 Å². The number of pyridine rings is 1. The normalized spacial score (nSPS) is 23.5. The summed E-state index contributed by atoms with van der Waals surface area (Å²) in [5, 5.41) is 6.70. The number of rotatable bonds is 6. The molecular formula is C16H22N4O4S. The molecule has 0 aromatic carbocycles. The molecule has 2 aliphatic heterocycles. The van der Waals surface area contributed by atoms with Gasteiger partial charge in [-0.1, -0.05) is 18.1 Å². The Morgan fingerprint density at radius 2 is 2.32 bits per heavy atom. The lowest BCUT2D eigenvalue weighted by Gasteiger charge is -2.21. The van der Waals surface area contributed by atoms with Crippen molar-refractivity contribution >= 4 is 21.6 Å². The second-order valence-electron chi connectivity index (χ2n) is 6.43. The van der Waals surface area contributed by atoms with Gasteiger partial charge in [-0.25, -0.2) is 8.42 Å². The summed E-state index contributed by atoms with van der Waals surface area (Å²) in [5.41, 5.74) is 0.489. The summed E-state index contributed by atoms with van der Waals surface area (Å²) in [7, 11) is -3.26. The maximum absolute atomic E-state index is 12.3. The van der Waals surface area contributed by atoms with E-state index in [-0.39, 0.29) is 18.2 Å². The van der Waals surface area contributed by atoms with Crippen molar-refractivity contribution in [2.45, 2.75) is 38.3 Å². The molecule has 9 heteroatoms. The number of amides is 1. The van der Waals surface area contributed by atoms with Gasteiger partial charge in [-0.2, -0.15) is 4.31 Å². The molecule has 0 radical (unpaired) electrons. The van der Waals surface area contributed by atoms with Gasteiger partial charge in [0, 0.05) is 38.3 Å². The first kappa shape index (κ1) is 17.8. The minimum atomic E-state index is -3.26. The molecule has 1 unspecified atom stereocenters. The molecule has 1 saturated heterocycles. The van der Waals surface area contributed by atoms with Gasteiger partial charge in [-0.15, -0.1) is 0 Å². The van der Waals surface area contributed by atoms with Gasteiger partial charge in [-0.05, 0) is 18.1 Å². The maximum Gasteiger partial charge on any atom is 0.269 e. The molecule has 0 saturated carbocycles. The van der Waals surface area contributed by atoms with E-state index in [9.17, 15) is 13.2 Å². The number of carbonyl (C=O) groups is 1. The Labute approximate surface area is 147 Å². The van der Waals surface area contributed by atoms with Crippen LogP contribution in [0.2, 0.25) is 0 Å². The smallest absolute Gasteiger partial charge is 0.269 e. The van der Waals surface area contributed by atoms with Crippen LogP contribution in [0.5, 0.6) is 0 Å². The van der Waals surface area contributed by atoms with Crippen LogP contribution in [0.25, 0.3) is 0 Å². The first-order valence-corrected chi connectivity index (χ1v) is 9.95. The second-order valence-corrected chi connectivity index (χ2v) is 8.52. The lowest BCUT2D eigenvalue weighted by molar-refractivity contribution is -0.115. The monoisotopic (exact) mass is 366 g/mol. The number of nitrogens with one attached hydrogen (secondary N) is 1. The van der Waals surface area contributed by atoms with E-state index in [1.807, 2.05) is 13.0 Å². The van der Waals surface area contributed by atoms with Gasteiger partial charge in [0.1, 0.15) is 5.71 Å². The fourth-order valence-electron chi connectivity index (χ4n) is 3.08. The van der Waals surface area contributed by atoms with Crippen molar-refractivity contribution in [1.82, 2.24) is 14.6 Å². The quantitative estimate of drug-likeness (QED) is 0.797. The topological polar surface area (TPSA) is 101 Å². The second kappa shape index (κ2) is 7.09. The predicted octanol–water partition coefficient (Wildman–Crippen LogP) is 0.658. The number of nitrogens with zero attached hydrogens (tertiary/aromatic N) is 3. The molecule has 1 atom stereocenters. The third kappa shape index (κ3) is 3.98. The SMILES string of the molecule is CCCS(=O)(=O)N1CCC2(CC(C(=O)NCc3cccnc3)=NO2)C1. The molecular weight excluding hydrogens is 344 g/mol. The molecule has 0 bridgehead atoms. The molecule has 0 aliphatic carbocycles. The molecule has 25 heavy (non-hydrogen) atoms. The average Bonchev–Trinajstić information content (AvgIpc) is 3.22. The van der Waals surface area contributed by atoms with Crippen LogP contribution in [0.3, 0.4) is 0 Å². The van der Waals surface area contributed by atoms with E-state index in [1.54, 1.807) is 18.5 Å². The minimum Gasteiger partial charge on any atom is -0.387 e. The highest BCUT2D eigenvalue weighted by Crippen LogP contribution is 2.35. The molecule has 1 aromatic heterocycles. The van der Waals surface area contributed by atoms with Crippen molar-refractivity contribution in [1.29, 1.82) is 0 Å². The summed E-state index contributed by atoms with van der Waals surface area (Å²) in [6.07, 6.45) is 4.79. The Morgan fingerprint density at radius 1 is 1.48 bits per heavy atom. The van der Waals surface area contributed by atoms with Crippen molar-refractivity contribution in [3.8, 4) is 0 Å². The lowest BCUT2D eigenvalue weighted by Crippen LogP contribution is -2.39. The molecule has 1 fully saturated rings. The van der Waals surface area contributed by atoms with Crippen molar-refractivity contribution in [3.63, 3.8) is 0 Å². The van der Waals surface area contributed by atoms with E-state index in [4.69, 9.17) is 4.84 Å². The van der Waals surface area contributed by atoms with E-state index in [0.29, 0.717) is 38.1 Å². The average molecular weight is 366 g/mol. The van der Waals surface area contributed by atoms with Gasteiger partial charge in [0.05, 0.1) is 12.3 Å². The minimum absolute atomic E-state index is 0.127. The molecule has 3 rings (SSSR count). The van der Waals surface area contributed by atoms with Gasteiger partial charge < -0.3 is 10.2 Å². The highest BCUT2D eigenvalue weighted by molar-refractivity contribution is 7.89. The summed E-state index contributed by atoms with van der Waals surface area (Å²) in [6, 6.07) is 3.67. The molecule has 1 aromatic rings. The van der Waals surface area contributed by atoms with Gasteiger partial charge in [0.15, 0.2) is 5.60 Å². The number of aromatic nitrogens is 1. The Hall–Kier alpha value is -2.00. The van der Waals surface area contributed by atoms with Crippen LogP contribution < -0.4 is 5.32 Å². The van der Waals surface area contributed by atoms with Crippen LogP contribution >= 0.6 is 0 Å². The van der Waals surface area contributed by atoms with Crippen LogP contribution in [0.4, 0.5) is 0 Å². The maximum atomic E-state index is 12.3. The van der Waals surface area contributed by atoms with E-state index in [1.165, 1.54) is 4.31 Å². The van der Waals surface area contributed by atoms with E-state index < -0.39 is 15.6 Å². The van der Waals surface area contributed by atoms with Crippen LogP contribution in [-0.4, -0.2) is 53.8 Å². The fourth-order valence-corrected chi connectivity index (χ4v) is 4.66. The summed E-state index contributed by atoms with van der Waals surface area (Å²) in [5.74, 6) is -0.168. The van der Waals surface area contributed by atoms with E-state index in [0.717, 1.165) is 5.56 Å². The highest BCUT2D eigenvalue weighted by atomic mass is 32.2. The Kier molecular flexibility index (Phi) is 5.05. The zero-order valence-corrected chi connectivity index (χ0v) is 15.0. The van der Waals surface area contributed by atoms with Crippen LogP contribution in [-0.2, 0) is 26.2 Å². The van der Waals surface area contributed by atoms with Crippen molar-refractivity contribution in [2.24, 2.45) is 5.16 Å². The third-order valence-corrected chi connectivity index (χ3v) is 6.44. The predicted molar refractivity (Wildman–Crippen MR) is 92.2 cm³/mol. The molecule has 1 spiro atoms. The fraction of sp³-hybridized carbons (Fsp3) is 0.562. The molecule has 136 valence electrons. The molecule has 2 aliphatic rings. The van der Waals surface area contributed by atoms with Crippen molar-refractivity contribution in [2.75, 3.05) is 18.8 Å². The van der Waals surface area contributed by atoms with Gasteiger partial charge in [0.25, 0.3) is 5.91 Å². The van der Waals surface area contributed by atoms with Gasteiger partial charge >= 0.3 is 0 Å². The summed E-state index contributed by atoms with van der Waals surface area (Å²) in [4.78, 5) is 21.8. The van der Waals surface area contributed by atoms with Crippen molar-refractivity contribution < 1.29 is 18.0 Å².